The third-order valence-corrected chi connectivity index (χ3v) is 0.167. The van der Waals surface area contributed by atoms with Crippen molar-refractivity contribution in [2.45, 2.75) is 0 Å². The molecule has 8 heavy (non-hydrogen) atoms. The van der Waals surface area contributed by atoms with Crippen molar-refractivity contribution < 1.29 is 45.7 Å². The molecule has 0 fully saturated rings. The molecule has 0 atom stereocenters. The fraction of sp³-hybridized carbons (Fsp3) is 0. The largest absolute Gasteiger partial charge is 2.00 e. The monoisotopic (exact) mass is 212 g/mol. The SMILES string of the molecule is O.O=C([O-])C(=O)[O-].[Pd+2]. The van der Waals surface area contributed by atoms with Crippen LogP contribution < -0.4 is 10.2 Å². The minimum absolute atomic E-state index is 0. The third kappa shape index (κ3) is 9.12. The summed E-state index contributed by atoms with van der Waals surface area (Å²) in [7, 11) is 0. The standard InChI is InChI=1S/C2H2O4.H2O.Pd/c3-1(4)2(5)6;;/h(H,3,4)(H,5,6);1H2;/q;;+2/p-2. The van der Waals surface area contributed by atoms with E-state index in [9.17, 15) is 0 Å². The molecule has 2 N–H and O–H groups in total. The quantitative estimate of drug-likeness (QED) is 0.298. The van der Waals surface area contributed by atoms with E-state index < -0.39 is 11.9 Å². The normalized spacial score (nSPS) is 5.50. The van der Waals surface area contributed by atoms with Crippen LogP contribution in [0.5, 0.6) is 0 Å². The van der Waals surface area contributed by atoms with E-state index in [-0.39, 0.29) is 25.9 Å². The van der Waals surface area contributed by atoms with Gasteiger partial charge in [0.25, 0.3) is 0 Å². The molecular formula is C2H2O5Pd. The molecule has 0 aliphatic rings. The van der Waals surface area contributed by atoms with Gasteiger partial charge < -0.3 is 25.3 Å². The minimum Gasteiger partial charge on any atom is -0.543 e. The summed E-state index contributed by atoms with van der Waals surface area (Å²) in [6.45, 7) is 0. The van der Waals surface area contributed by atoms with Gasteiger partial charge in [-0.2, -0.15) is 0 Å². The molecule has 0 aliphatic carbocycles. The van der Waals surface area contributed by atoms with Crippen molar-refractivity contribution in [2.75, 3.05) is 0 Å². The van der Waals surface area contributed by atoms with Crippen LogP contribution >= 0.6 is 0 Å². The van der Waals surface area contributed by atoms with Gasteiger partial charge in [0.15, 0.2) is 0 Å². The van der Waals surface area contributed by atoms with Crippen LogP contribution in [0.25, 0.3) is 0 Å². The van der Waals surface area contributed by atoms with Crippen LogP contribution in [0, 0.1) is 0 Å². The molecule has 0 heterocycles. The van der Waals surface area contributed by atoms with E-state index in [1.807, 2.05) is 0 Å². The molecule has 0 aromatic rings. The summed E-state index contributed by atoms with van der Waals surface area (Å²) in [5.74, 6) is -4.37. The number of carbonyl (C=O) groups is 2. The van der Waals surface area contributed by atoms with Crippen molar-refractivity contribution in [3.63, 3.8) is 0 Å². The first-order valence-corrected chi connectivity index (χ1v) is 1.07. The van der Waals surface area contributed by atoms with E-state index >= 15 is 0 Å². The smallest absolute Gasteiger partial charge is 0.543 e. The van der Waals surface area contributed by atoms with Gasteiger partial charge in [0.1, 0.15) is 0 Å². The zero-order valence-electron chi connectivity index (χ0n) is 3.45. The van der Waals surface area contributed by atoms with Gasteiger partial charge in [-0.1, -0.05) is 0 Å². The van der Waals surface area contributed by atoms with Crippen molar-refractivity contribution in [3.05, 3.63) is 0 Å². The number of carboxylic acid groups (broad SMARTS) is 2. The van der Waals surface area contributed by atoms with Gasteiger partial charge in [-0.3, -0.25) is 0 Å². The Morgan fingerprint density at radius 1 is 1.00 bits per heavy atom. The Labute approximate surface area is 58.3 Å². The summed E-state index contributed by atoms with van der Waals surface area (Å²) in [6, 6.07) is 0. The Balaban J connectivity index is -0.000000125. The summed E-state index contributed by atoms with van der Waals surface area (Å²) < 4.78 is 0. The predicted octanol–water partition coefficient (Wildman–Crippen LogP) is -4.34. The molecule has 0 unspecified atom stereocenters. The maximum atomic E-state index is 8.93. The fourth-order valence-electron chi connectivity index (χ4n) is 0. The van der Waals surface area contributed by atoms with Crippen molar-refractivity contribution in [1.29, 1.82) is 0 Å². The molecule has 0 bridgehead atoms. The second kappa shape index (κ2) is 6.56. The molecule has 0 aromatic carbocycles. The van der Waals surface area contributed by atoms with E-state index in [0.29, 0.717) is 0 Å². The van der Waals surface area contributed by atoms with Crippen LogP contribution in [-0.2, 0) is 30.0 Å². The Kier molecular flexibility index (Phi) is 12.8. The van der Waals surface area contributed by atoms with Crippen molar-refractivity contribution >= 4 is 11.9 Å². The molecule has 0 radical (unpaired) electrons. The van der Waals surface area contributed by atoms with Gasteiger partial charge in [-0.25, -0.2) is 0 Å². The first-order valence-electron chi connectivity index (χ1n) is 1.07. The summed E-state index contributed by atoms with van der Waals surface area (Å²) in [6.07, 6.45) is 0. The molecule has 0 aliphatic heterocycles. The average Bonchev–Trinajstić information content (AvgIpc) is 1.36. The Bertz CT molecular complexity index is 76.4. The van der Waals surface area contributed by atoms with Crippen LogP contribution in [0.1, 0.15) is 0 Å². The summed E-state index contributed by atoms with van der Waals surface area (Å²) in [5, 5.41) is 17.9. The van der Waals surface area contributed by atoms with E-state index in [1.165, 1.54) is 0 Å². The molecule has 6 heteroatoms. The molecule has 5 nitrogen and oxygen atoms in total. The second-order valence-electron chi connectivity index (χ2n) is 0.575. The number of carbonyl (C=O) groups excluding carboxylic acids is 2. The maximum Gasteiger partial charge on any atom is 2.00 e. The van der Waals surface area contributed by atoms with Gasteiger partial charge in [-0.05, 0) is 0 Å². The van der Waals surface area contributed by atoms with E-state index in [4.69, 9.17) is 19.8 Å². The molecule has 0 spiro atoms. The van der Waals surface area contributed by atoms with Crippen molar-refractivity contribution in [3.8, 4) is 0 Å². The van der Waals surface area contributed by atoms with Crippen LogP contribution in [0.15, 0.2) is 0 Å². The second-order valence-corrected chi connectivity index (χ2v) is 0.575. The molecule has 50 valence electrons. The van der Waals surface area contributed by atoms with Gasteiger partial charge >= 0.3 is 20.4 Å². The van der Waals surface area contributed by atoms with Gasteiger partial charge in [0.05, 0.1) is 11.9 Å². The fourth-order valence-corrected chi connectivity index (χ4v) is 0. The van der Waals surface area contributed by atoms with Crippen LogP contribution in [0.3, 0.4) is 0 Å². The summed E-state index contributed by atoms with van der Waals surface area (Å²) >= 11 is 0. The Hall–Kier alpha value is -0.438. The van der Waals surface area contributed by atoms with Crippen molar-refractivity contribution in [2.24, 2.45) is 0 Å². The predicted molar refractivity (Wildman–Crippen MR) is 13.6 cm³/mol. The zero-order valence-corrected chi connectivity index (χ0v) is 5.00. The zero-order chi connectivity index (χ0) is 5.15. The molecular weight excluding hydrogens is 210 g/mol. The van der Waals surface area contributed by atoms with Gasteiger partial charge in [-0.15, -0.1) is 0 Å². The molecule has 0 aromatic heterocycles. The minimum atomic E-state index is -2.19. The van der Waals surface area contributed by atoms with Crippen LogP contribution in [0.2, 0.25) is 0 Å². The first kappa shape index (κ1) is 15.6. The molecule has 0 amide bonds. The maximum absolute atomic E-state index is 8.93. The van der Waals surface area contributed by atoms with E-state index in [1.54, 1.807) is 0 Å². The van der Waals surface area contributed by atoms with Crippen LogP contribution in [-0.4, -0.2) is 17.4 Å². The number of aliphatic carboxylic acids is 2. The first-order chi connectivity index (χ1) is 2.64. The van der Waals surface area contributed by atoms with Gasteiger partial charge in [0, 0.05) is 0 Å². The number of carboxylic acids is 2. The number of rotatable bonds is 0. The van der Waals surface area contributed by atoms with Crippen molar-refractivity contribution in [1.82, 2.24) is 0 Å². The summed E-state index contributed by atoms with van der Waals surface area (Å²) in [5.41, 5.74) is 0. The van der Waals surface area contributed by atoms with Gasteiger partial charge in [0.2, 0.25) is 0 Å². The number of hydrogen-bond acceptors (Lipinski definition) is 4. The van der Waals surface area contributed by atoms with Crippen LogP contribution in [0.4, 0.5) is 0 Å². The van der Waals surface area contributed by atoms with E-state index in [2.05, 4.69) is 0 Å². The number of hydrogen-bond donors (Lipinski definition) is 0. The molecule has 0 saturated heterocycles. The molecule has 0 rings (SSSR count). The van der Waals surface area contributed by atoms with E-state index in [0.717, 1.165) is 0 Å². The Morgan fingerprint density at radius 3 is 1.12 bits per heavy atom. The average molecular weight is 212 g/mol. The third-order valence-electron chi connectivity index (χ3n) is 0.167. The topological polar surface area (TPSA) is 112 Å². The molecule has 0 saturated carbocycles. The summed E-state index contributed by atoms with van der Waals surface area (Å²) in [4.78, 5) is 17.9. The Morgan fingerprint density at radius 2 is 1.12 bits per heavy atom.